The lowest BCUT2D eigenvalue weighted by atomic mass is 9.79. The van der Waals surface area contributed by atoms with Crippen molar-refractivity contribution < 1.29 is 28.3 Å². The van der Waals surface area contributed by atoms with Gasteiger partial charge in [0.15, 0.2) is 4.87 Å². The molecule has 0 radical (unpaired) electrons. The Labute approximate surface area is 173 Å². The molecule has 4 atom stereocenters. The maximum Gasteiger partial charge on any atom is 0.316 e. The predicted molar refractivity (Wildman–Crippen MR) is 106 cm³/mol. The van der Waals surface area contributed by atoms with Gasteiger partial charge in [0, 0.05) is 6.92 Å². The minimum atomic E-state index is -0.966. The molecule has 1 aromatic heterocycles. The fourth-order valence-corrected chi connectivity index (χ4v) is 7.05. The van der Waals surface area contributed by atoms with Gasteiger partial charge in [0.1, 0.15) is 17.8 Å². The molecule has 8 heteroatoms. The Morgan fingerprint density at radius 2 is 2.24 bits per heavy atom. The molecule has 1 aromatic rings. The van der Waals surface area contributed by atoms with E-state index in [1.165, 1.54) is 18.7 Å². The second kappa shape index (κ2) is 7.23. The molecule has 2 saturated heterocycles. The van der Waals surface area contributed by atoms with Crippen LogP contribution in [0.2, 0.25) is 0 Å². The van der Waals surface area contributed by atoms with E-state index in [0.717, 1.165) is 5.56 Å². The lowest BCUT2D eigenvalue weighted by Gasteiger charge is -2.37. The molecule has 0 N–H and O–H groups in total. The lowest BCUT2D eigenvalue weighted by molar-refractivity contribution is -0.158. The summed E-state index contributed by atoms with van der Waals surface area (Å²) in [5, 5.41) is -0.321. The topological polar surface area (TPSA) is 86.1 Å². The average Bonchev–Trinajstić information content (AvgIpc) is 3.36. The summed E-state index contributed by atoms with van der Waals surface area (Å²) in [5.74, 6) is -0.145. The van der Waals surface area contributed by atoms with E-state index >= 15 is 0 Å². The van der Waals surface area contributed by atoms with E-state index in [1.807, 2.05) is 6.07 Å². The summed E-state index contributed by atoms with van der Waals surface area (Å²) in [7, 11) is 0. The first-order valence-corrected chi connectivity index (χ1v) is 10.8. The first-order chi connectivity index (χ1) is 13.9. The molecule has 2 fully saturated rings. The molecule has 3 aliphatic rings. The Morgan fingerprint density at radius 1 is 1.45 bits per heavy atom. The van der Waals surface area contributed by atoms with Crippen LogP contribution in [0.25, 0.3) is 0 Å². The van der Waals surface area contributed by atoms with Crippen molar-refractivity contribution in [3.05, 3.63) is 36.3 Å². The van der Waals surface area contributed by atoms with E-state index in [4.69, 9.17) is 13.9 Å². The fourth-order valence-electron chi connectivity index (χ4n) is 5.07. The molecule has 1 aliphatic carbocycles. The van der Waals surface area contributed by atoms with Gasteiger partial charge in [0.05, 0.1) is 24.2 Å². The Balaban J connectivity index is 1.83. The third-order valence-corrected chi connectivity index (χ3v) is 7.92. The number of nitrogens with zero attached hydrogens (tertiary/aromatic N) is 1. The Morgan fingerprint density at radius 3 is 2.93 bits per heavy atom. The van der Waals surface area contributed by atoms with E-state index < -0.39 is 22.3 Å². The third kappa shape index (κ3) is 2.68. The van der Waals surface area contributed by atoms with Gasteiger partial charge >= 0.3 is 11.9 Å². The largest absolute Gasteiger partial charge is 0.466 e. The van der Waals surface area contributed by atoms with Crippen molar-refractivity contribution >= 4 is 29.6 Å². The van der Waals surface area contributed by atoms with Gasteiger partial charge in [-0.15, -0.1) is 18.3 Å². The van der Waals surface area contributed by atoms with Crippen molar-refractivity contribution in [2.45, 2.75) is 55.7 Å². The minimum absolute atomic E-state index is 0.0504. The number of ether oxygens (including phenoxy) is 2. The molecule has 1 unspecified atom stereocenters. The molecule has 1 amide bonds. The number of esters is 2. The van der Waals surface area contributed by atoms with Crippen LogP contribution in [0.4, 0.5) is 0 Å². The molecule has 1 spiro atoms. The number of furan rings is 1. The van der Waals surface area contributed by atoms with Crippen molar-refractivity contribution in [2.75, 3.05) is 13.2 Å². The van der Waals surface area contributed by atoms with E-state index in [9.17, 15) is 14.4 Å². The standard InChI is InChI=1S/C21H25NO6S/c1-4-6-7-16-18(24)22-15(12-28-13(3)23)11-20(19(25)26-5-2)10-14-8-9-27-17(14)21(20,22)29-16/h4,8-9,15-16H,1,5-7,10-12H2,2-3H3/t15-,16?,20+,21-/m0/s1. The van der Waals surface area contributed by atoms with Gasteiger partial charge < -0.3 is 18.8 Å². The van der Waals surface area contributed by atoms with Crippen LogP contribution >= 0.6 is 11.8 Å². The number of rotatable bonds is 7. The summed E-state index contributed by atoms with van der Waals surface area (Å²) in [4.78, 5) is 39.0. The zero-order valence-electron chi connectivity index (χ0n) is 16.6. The molecule has 0 saturated carbocycles. The zero-order chi connectivity index (χ0) is 20.8. The van der Waals surface area contributed by atoms with Crippen LogP contribution in [0.15, 0.2) is 29.4 Å². The molecule has 0 aromatic carbocycles. The van der Waals surface area contributed by atoms with Crippen molar-refractivity contribution in [3.63, 3.8) is 0 Å². The van der Waals surface area contributed by atoms with Crippen LogP contribution in [0, 0.1) is 5.41 Å². The Bertz CT molecular complexity index is 865. The van der Waals surface area contributed by atoms with Gasteiger partial charge in [-0.1, -0.05) is 6.08 Å². The Hall–Kier alpha value is -2.22. The zero-order valence-corrected chi connectivity index (χ0v) is 17.5. The molecule has 3 heterocycles. The average molecular weight is 419 g/mol. The summed E-state index contributed by atoms with van der Waals surface area (Å²) >= 11 is 1.48. The fraction of sp³-hybridized carbons (Fsp3) is 0.571. The van der Waals surface area contributed by atoms with Crippen molar-refractivity contribution in [3.8, 4) is 0 Å². The molecule has 7 nitrogen and oxygen atoms in total. The molecule has 0 bridgehead atoms. The van der Waals surface area contributed by atoms with Crippen LogP contribution in [0.5, 0.6) is 0 Å². The molecular formula is C21H25NO6S. The third-order valence-electron chi connectivity index (χ3n) is 6.09. The highest BCUT2D eigenvalue weighted by Gasteiger charge is 2.78. The van der Waals surface area contributed by atoms with Gasteiger partial charge in [-0.2, -0.15) is 0 Å². The van der Waals surface area contributed by atoms with E-state index in [2.05, 4.69) is 6.58 Å². The normalized spacial score (nSPS) is 31.9. The highest BCUT2D eigenvalue weighted by atomic mass is 32.2. The number of thioether (sulfide) groups is 1. The van der Waals surface area contributed by atoms with Crippen LogP contribution in [-0.4, -0.2) is 47.3 Å². The summed E-state index contributed by atoms with van der Waals surface area (Å²) in [6, 6.07) is 1.46. The van der Waals surface area contributed by atoms with Gasteiger partial charge in [0.2, 0.25) is 5.91 Å². The molecule has 4 rings (SSSR count). The highest BCUT2D eigenvalue weighted by Crippen LogP contribution is 2.71. The monoisotopic (exact) mass is 419 g/mol. The first kappa shape index (κ1) is 20.1. The number of hydrogen-bond acceptors (Lipinski definition) is 7. The minimum Gasteiger partial charge on any atom is -0.466 e. The summed E-state index contributed by atoms with van der Waals surface area (Å²) in [6.45, 7) is 7.17. The van der Waals surface area contributed by atoms with Crippen molar-refractivity contribution in [2.24, 2.45) is 5.41 Å². The first-order valence-electron chi connectivity index (χ1n) is 9.90. The van der Waals surface area contributed by atoms with E-state index in [0.29, 0.717) is 31.4 Å². The van der Waals surface area contributed by atoms with Gasteiger partial charge in [0.25, 0.3) is 0 Å². The molecule has 2 aliphatic heterocycles. The number of allylic oxidation sites excluding steroid dienone is 1. The summed E-state index contributed by atoms with van der Waals surface area (Å²) < 4.78 is 16.7. The number of amides is 1. The predicted octanol–water partition coefficient (Wildman–Crippen LogP) is 2.78. The number of carbonyl (C=O) groups excluding carboxylic acids is 3. The quantitative estimate of drug-likeness (QED) is 0.496. The number of hydrogen-bond donors (Lipinski definition) is 0. The van der Waals surface area contributed by atoms with Crippen LogP contribution in [-0.2, 0) is 35.1 Å². The Kier molecular flexibility index (Phi) is 5.01. The summed E-state index contributed by atoms with van der Waals surface area (Å²) in [5.41, 5.74) is -0.0226. The van der Waals surface area contributed by atoms with E-state index in [1.54, 1.807) is 24.2 Å². The second-order valence-electron chi connectivity index (χ2n) is 7.74. The van der Waals surface area contributed by atoms with Gasteiger partial charge in [-0.05, 0) is 44.2 Å². The van der Waals surface area contributed by atoms with Crippen molar-refractivity contribution in [1.82, 2.24) is 4.90 Å². The van der Waals surface area contributed by atoms with E-state index in [-0.39, 0.29) is 30.3 Å². The van der Waals surface area contributed by atoms with Crippen molar-refractivity contribution in [1.29, 1.82) is 0 Å². The van der Waals surface area contributed by atoms with Gasteiger partial charge in [-0.25, -0.2) is 0 Å². The van der Waals surface area contributed by atoms with Crippen LogP contribution in [0.1, 0.15) is 44.4 Å². The maximum absolute atomic E-state index is 13.5. The molecular weight excluding hydrogens is 394 g/mol. The molecule has 156 valence electrons. The maximum atomic E-state index is 13.5. The summed E-state index contributed by atoms with van der Waals surface area (Å²) in [6.07, 6.45) is 5.53. The van der Waals surface area contributed by atoms with Crippen LogP contribution in [0.3, 0.4) is 0 Å². The highest BCUT2D eigenvalue weighted by molar-refractivity contribution is 8.02. The number of carbonyl (C=O) groups is 3. The smallest absolute Gasteiger partial charge is 0.316 e. The molecule has 29 heavy (non-hydrogen) atoms. The van der Waals surface area contributed by atoms with Crippen LogP contribution < -0.4 is 0 Å². The SMILES string of the molecule is C=CCCC1S[C@@]23c4occc4C[C@]2(C(=O)OCC)C[C@@H](COC(C)=O)N3C1=O. The lowest BCUT2D eigenvalue weighted by Crippen LogP contribution is -2.50. The second-order valence-corrected chi connectivity index (χ2v) is 9.14. The van der Waals surface area contributed by atoms with Gasteiger partial charge in [-0.3, -0.25) is 14.4 Å². The number of fused-ring (bicyclic) bond motifs is 1.